The van der Waals surface area contributed by atoms with Gasteiger partial charge in [-0.05, 0) is 138 Å². The lowest BCUT2D eigenvalue weighted by atomic mass is 9.79. The van der Waals surface area contributed by atoms with Crippen LogP contribution >= 0.6 is 0 Å². The summed E-state index contributed by atoms with van der Waals surface area (Å²) in [5.74, 6) is 0. The molecule has 0 saturated heterocycles. The molecule has 0 heterocycles. The van der Waals surface area contributed by atoms with Crippen molar-refractivity contribution in [3.8, 4) is 44.5 Å². The molecule has 0 aromatic heterocycles. The Labute approximate surface area is 332 Å². The predicted molar refractivity (Wildman–Crippen MR) is 245 cm³/mol. The van der Waals surface area contributed by atoms with Crippen LogP contribution in [0, 0.1) is 0 Å². The van der Waals surface area contributed by atoms with Crippen molar-refractivity contribution in [3.63, 3.8) is 0 Å². The summed E-state index contributed by atoms with van der Waals surface area (Å²) in [6, 6.07) is 72.9. The van der Waals surface area contributed by atoms with Gasteiger partial charge in [0.15, 0.2) is 0 Å². The lowest BCUT2D eigenvalue weighted by molar-refractivity contribution is 0.660. The molecule has 0 saturated carbocycles. The third-order valence-electron chi connectivity index (χ3n) is 13.0. The van der Waals surface area contributed by atoms with E-state index in [9.17, 15) is 0 Å². The standard InChI is InChI=1S/C57H38/c1-57(2)53-25-12-11-21-45(53)46-30-28-38(33-54(46)57)55-47-22-9-10-23-48(47)56(49-31-27-37(32-51(49)55)41-24-13-16-35-14-3-5-17-39(35)41)52-34-50-40-18-6-4-15-36(40)26-29-44(50)42-19-7-8-20-43(42)52/h3-34H,1-2H3. The zero-order chi connectivity index (χ0) is 37.8. The molecule has 0 atom stereocenters. The third-order valence-corrected chi connectivity index (χ3v) is 13.0. The Morgan fingerprint density at radius 3 is 1.63 bits per heavy atom. The van der Waals surface area contributed by atoms with Crippen molar-refractivity contribution >= 4 is 64.6 Å². The molecule has 57 heavy (non-hydrogen) atoms. The van der Waals surface area contributed by atoms with E-state index in [2.05, 4.69) is 208 Å². The van der Waals surface area contributed by atoms with Gasteiger partial charge in [-0.2, -0.15) is 0 Å². The van der Waals surface area contributed by atoms with Crippen molar-refractivity contribution in [1.82, 2.24) is 0 Å². The van der Waals surface area contributed by atoms with Crippen LogP contribution in [0.2, 0.25) is 0 Å². The highest BCUT2D eigenvalue weighted by atomic mass is 14.4. The lowest BCUT2D eigenvalue weighted by Gasteiger charge is -2.23. The SMILES string of the molecule is CC1(C)c2ccccc2-c2ccc(-c3c4ccccc4c(-c4cc5c6ccccc6ccc5c5ccccc45)c4ccc(-c5cccc6ccccc56)cc34)cc21. The molecule has 0 fully saturated rings. The van der Waals surface area contributed by atoms with Crippen molar-refractivity contribution < 1.29 is 0 Å². The van der Waals surface area contributed by atoms with Crippen molar-refractivity contribution in [1.29, 1.82) is 0 Å². The maximum absolute atomic E-state index is 2.50. The summed E-state index contributed by atoms with van der Waals surface area (Å²) in [4.78, 5) is 0. The summed E-state index contributed by atoms with van der Waals surface area (Å²) in [5, 5.41) is 15.3. The molecule has 12 rings (SSSR count). The molecule has 11 aromatic rings. The Bertz CT molecular complexity index is 3480. The minimum absolute atomic E-state index is 0.103. The summed E-state index contributed by atoms with van der Waals surface area (Å²) >= 11 is 0. The maximum atomic E-state index is 2.50. The molecule has 0 amide bonds. The fraction of sp³-hybridized carbons (Fsp3) is 0.0526. The van der Waals surface area contributed by atoms with Gasteiger partial charge in [0, 0.05) is 5.41 Å². The van der Waals surface area contributed by atoms with E-state index >= 15 is 0 Å². The molecule has 0 bridgehead atoms. The molecular formula is C57H38. The monoisotopic (exact) mass is 722 g/mol. The average Bonchev–Trinajstić information content (AvgIpc) is 3.50. The molecular weight excluding hydrogens is 685 g/mol. The molecule has 0 aliphatic heterocycles. The van der Waals surface area contributed by atoms with Gasteiger partial charge in [-0.3, -0.25) is 0 Å². The predicted octanol–water partition coefficient (Wildman–Crippen LogP) is 15.9. The van der Waals surface area contributed by atoms with Gasteiger partial charge in [-0.25, -0.2) is 0 Å². The molecule has 0 nitrogen and oxygen atoms in total. The van der Waals surface area contributed by atoms with Crippen LogP contribution in [-0.4, -0.2) is 0 Å². The second-order valence-corrected chi connectivity index (χ2v) is 16.4. The Morgan fingerprint density at radius 1 is 0.263 bits per heavy atom. The third kappa shape index (κ3) is 4.62. The van der Waals surface area contributed by atoms with Crippen LogP contribution in [0.5, 0.6) is 0 Å². The van der Waals surface area contributed by atoms with Crippen LogP contribution in [0.4, 0.5) is 0 Å². The van der Waals surface area contributed by atoms with Crippen molar-refractivity contribution in [2.24, 2.45) is 0 Å². The first-order valence-corrected chi connectivity index (χ1v) is 20.1. The van der Waals surface area contributed by atoms with Gasteiger partial charge < -0.3 is 0 Å². The summed E-state index contributed by atoms with van der Waals surface area (Å²) in [6.45, 7) is 4.77. The molecule has 11 aromatic carbocycles. The number of benzene rings is 11. The van der Waals surface area contributed by atoms with E-state index in [1.54, 1.807) is 0 Å². The molecule has 0 spiro atoms. The first-order chi connectivity index (χ1) is 28.0. The van der Waals surface area contributed by atoms with Gasteiger partial charge in [-0.1, -0.05) is 190 Å². The number of rotatable bonds is 3. The first kappa shape index (κ1) is 32.2. The summed E-state index contributed by atoms with van der Waals surface area (Å²) in [6.07, 6.45) is 0. The van der Waals surface area contributed by atoms with E-state index < -0.39 is 0 Å². The van der Waals surface area contributed by atoms with E-state index in [1.165, 1.54) is 120 Å². The summed E-state index contributed by atoms with van der Waals surface area (Å²) in [7, 11) is 0. The zero-order valence-electron chi connectivity index (χ0n) is 32.0. The van der Waals surface area contributed by atoms with Crippen molar-refractivity contribution in [2.75, 3.05) is 0 Å². The van der Waals surface area contributed by atoms with Crippen LogP contribution in [0.1, 0.15) is 25.0 Å². The fourth-order valence-corrected chi connectivity index (χ4v) is 10.4. The molecule has 0 unspecified atom stereocenters. The largest absolute Gasteiger partial charge is 0.0619 e. The highest BCUT2D eigenvalue weighted by Crippen LogP contribution is 2.52. The van der Waals surface area contributed by atoms with Crippen molar-refractivity contribution in [3.05, 3.63) is 205 Å². The lowest BCUT2D eigenvalue weighted by Crippen LogP contribution is -2.14. The Kier molecular flexibility index (Phi) is 6.78. The zero-order valence-corrected chi connectivity index (χ0v) is 32.0. The molecule has 266 valence electrons. The fourth-order valence-electron chi connectivity index (χ4n) is 10.4. The Balaban J connectivity index is 1.23. The molecule has 1 aliphatic carbocycles. The Hall–Kier alpha value is -7.02. The van der Waals surface area contributed by atoms with E-state index in [4.69, 9.17) is 0 Å². The molecule has 0 heteroatoms. The average molecular weight is 723 g/mol. The number of hydrogen-bond donors (Lipinski definition) is 0. The maximum Gasteiger partial charge on any atom is 0.0159 e. The number of hydrogen-bond acceptors (Lipinski definition) is 0. The van der Waals surface area contributed by atoms with Crippen LogP contribution < -0.4 is 0 Å². The minimum Gasteiger partial charge on any atom is -0.0619 e. The van der Waals surface area contributed by atoms with E-state index in [0.29, 0.717) is 0 Å². The van der Waals surface area contributed by atoms with Crippen LogP contribution in [0.25, 0.3) is 109 Å². The van der Waals surface area contributed by atoms with Gasteiger partial charge in [-0.15, -0.1) is 0 Å². The molecule has 0 N–H and O–H groups in total. The quantitative estimate of drug-likeness (QED) is 0.126. The van der Waals surface area contributed by atoms with E-state index in [1.807, 2.05) is 0 Å². The Morgan fingerprint density at radius 2 is 0.807 bits per heavy atom. The minimum atomic E-state index is -0.103. The van der Waals surface area contributed by atoms with Crippen molar-refractivity contribution in [2.45, 2.75) is 19.3 Å². The van der Waals surface area contributed by atoms with Gasteiger partial charge in [0.1, 0.15) is 0 Å². The van der Waals surface area contributed by atoms with Crippen LogP contribution in [0.3, 0.4) is 0 Å². The van der Waals surface area contributed by atoms with E-state index in [-0.39, 0.29) is 5.41 Å². The van der Waals surface area contributed by atoms with Gasteiger partial charge >= 0.3 is 0 Å². The topological polar surface area (TPSA) is 0 Å². The van der Waals surface area contributed by atoms with E-state index in [0.717, 1.165) is 0 Å². The van der Waals surface area contributed by atoms with Gasteiger partial charge in [0.25, 0.3) is 0 Å². The summed E-state index contributed by atoms with van der Waals surface area (Å²) in [5.41, 5.74) is 13.0. The molecule has 0 radical (unpaired) electrons. The second kappa shape index (κ2) is 12.0. The van der Waals surface area contributed by atoms with Crippen LogP contribution in [0.15, 0.2) is 194 Å². The van der Waals surface area contributed by atoms with Gasteiger partial charge in [0.2, 0.25) is 0 Å². The van der Waals surface area contributed by atoms with Gasteiger partial charge in [0.05, 0.1) is 0 Å². The normalized spacial score (nSPS) is 13.2. The molecule has 1 aliphatic rings. The van der Waals surface area contributed by atoms with Crippen LogP contribution in [-0.2, 0) is 5.41 Å². The first-order valence-electron chi connectivity index (χ1n) is 20.1. The highest BCUT2D eigenvalue weighted by molar-refractivity contribution is 6.28. The number of fused-ring (bicyclic) bond motifs is 11. The second-order valence-electron chi connectivity index (χ2n) is 16.4. The smallest absolute Gasteiger partial charge is 0.0159 e. The highest BCUT2D eigenvalue weighted by Gasteiger charge is 2.35. The summed E-state index contributed by atoms with van der Waals surface area (Å²) < 4.78 is 0.